The molecule has 1 aromatic heterocycles. The van der Waals surface area contributed by atoms with E-state index < -0.39 is 0 Å². The van der Waals surface area contributed by atoms with E-state index >= 15 is 0 Å². The smallest absolute Gasteiger partial charge is 0.226 e. The first-order valence-electron chi connectivity index (χ1n) is 8.03. The lowest BCUT2D eigenvalue weighted by Gasteiger charge is -2.11. The van der Waals surface area contributed by atoms with E-state index in [0.717, 1.165) is 16.8 Å². The molecule has 0 aliphatic heterocycles. The average molecular weight is 417 g/mol. The fourth-order valence-corrected chi connectivity index (χ4v) is 2.91. The van der Waals surface area contributed by atoms with Crippen molar-refractivity contribution in [3.05, 3.63) is 76.3 Å². The highest BCUT2D eigenvalue weighted by molar-refractivity contribution is 9.10. The van der Waals surface area contributed by atoms with Crippen LogP contribution < -0.4 is 10.6 Å². The molecule has 5 nitrogen and oxygen atoms in total. The first kappa shape index (κ1) is 18.1. The lowest BCUT2D eigenvalue weighted by Crippen LogP contribution is -2.36. The van der Waals surface area contributed by atoms with E-state index in [0.29, 0.717) is 29.4 Å². The van der Waals surface area contributed by atoms with Crippen molar-refractivity contribution in [1.82, 2.24) is 15.6 Å². The molecule has 0 saturated heterocycles. The van der Waals surface area contributed by atoms with E-state index in [2.05, 4.69) is 36.5 Å². The summed E-state index contributed by atoms with van der Waals surface area (Å²) in [4.78, 5) is 8.62. The van der Waals surface area contributed by atoms with Crippen LogP contribution in [0.25, 0.3) is 11.5 Å². The molecule has 0 aliphatic rings. The van der Waals surface area contributed by atoms with Gasteiger partial charge in [-0.2, -0.15) is 0 Å². The summed E-state index contributed by atoms with van der Waals surface area (Å²) in [5.41, 5.74) is 2.51. The first-order chi connectivity index (χ1) is 12.6. The molecule has 1 heterocycles. The predicted molar refractivity (Wildman–Crippen MR) is 103 cm³/mol. The van der Waals surface area contributed by atoms with Crippen molar-refractivity contribution >= 4 is 21.9 Å². The molecule has 0 fully saturated rings. The highest BCUT2D eigenvalue weighted by atomic mass is 79.9. The minimum absolute atomic E-state index is 0.282. The Morgan fingerprint density at radius 2 is 1.92 bits per heavy atom. The van der Waals surface area contributed by atoms with Gasteiger partial charge in [-0.05, 0) is 35.9 Å². The van der Waals surface area contributed by atoms with Crippen LogP contribution in [0.15, 0.2) is 68.7 Å². The zero-order valence-corrected chi connectivity index (χ0v) is 15.8. The second kappa shape index (κ2) is 8.62. The number of nitrogens with zero attached hydrogens (tertiary/aromatic N) is 2. The number of hydrogen-bond donors (Lipinski definition) is 2. The molecule has 0 bridgehead atoms. The van der Waals surface area contributed by atoms with Gasteiger partial charge in [-0.1, -0.05) is 34.1 Å². The molecule has 0 spiro atoms. The summed E-state index contributed by atoms with van der Waals surface area (Å²) in [5.74, 6) is 0.889. The lowest BCUT2D eigenvalue weighted by molar-refractivity contribution is 0.572. The molecule has 26 heavy (non-hydrogen) atoms. The summed E-state index contributed by atoms with van der Waals surface area (Å²) in [6, 6.07) is 14.5. The van der Waals surface area contributed by atoms with E-state index in [-0.39, 0.29) is 5.82 Å². The number of rotatable bonds is 5. The van der Waals surface area contributed by atoms with E-state index in [9.17, 15) is 4.39 Å². The van der Waals surface area contributed by atoms with Crippen molar-refractivity contribution in [1.29, 1.82) is 0 Å². The number of nitrogens with one attached hydrogen (secondary N) is 2. The van der Waals surface area contributed by atoms with Gasteiger partial charge in [-0.25, -0.2) is 9.37 Å². The van der Waals surface area contributed by atoms with Crippen molar-refractivity contribution in [2.75, 3.05) is 7.05 Å². The van der Waals surface area contributed by atoms with Gasteiger partial charge in [-0.3, -0.25) is 4.99 Å². The van der Waals surface area contributed by atoms with Crippen molar-refractivity contribution in [2.24, 2.45) is 4.99 Å². The Kier molecular flexibility index (Phi) is 6.01. The van der Waals surface area contributed by atoms with Gasteiger partial charge < -0.3 is 15.1 Å². The van der Waals surface area contributed by atoms with Crippen LogP contribution in [-0.2, 0) is 13.1 Å². The molecule has 0 radical (unpaired) electrons. The monoisotopic (exact) mass is 416 g/mol. The van der Waals surface area contributed by atoms with Gasteiger partial charge in [0.05, 0.1) is 12.2 Å². The van der Waals surface area contributed by atoms with Crippen LogP contribution in [0.3, 0.4) is 0 Å². The highest BCUT2D eigenvalue weighted by Gasteiger charge is 2.07. The van der Waals surface area contributed by atoms with Gasteiger partial charge in [0.25, 0.3) is 0 Å². The van der Waals surface area contributed by atoms with Gasteiger partial charge in [0.1, 0.15) is 12.1 Å². The molecule has 2 N–H and O–H groups in total. The predicted octanol–water partition coefficient (Wildman–Crippen LogP) is 4.11. The number of guanidine groups is 1. The summed E-state index contributed by atoms with van der Waals surface area (Å²) >= 11 is 3.29. The van der Waals surface area contributed by atoms with Crippen LogP contribution in [0.2, 0.25) is 0 Å². The van der Waals surface area contributed by atoms with Crippen LogP contribution >= 0.6 is 15.9 Å². The third kappa shape index (κ3) is 4.92. The average Bonchev–Trinajstić information content (AvgIpc) is 3.11. The van der Waals surface area contributed by atoms with E-state index in [1.165, 1.54) is 12.1 Å². The van der Waals surface area contributed by atoms with Gasteiger partial charge in [0.2, 0.25) is 5.89 Å². The van der Waals surface area contributed by atoms with E-state index in [1.807, 2.05) is 36.4 Å². The van der Waals surface area contributed by atoms with Crippen molar-refractivity contribution in [3.63, 3.8) is 0 Å². The van der Waals surface area contributed by atoms with Crippen LogP contribution in [0.5, 0.6) is 0 Å². The van der Waals surface area contributed by atoms with Gasteiger partial charge in [0.15, 0.2) is 5.96 Å². The van der Waals surface area contributed by atoms with Crippen molar-refractivity contribution < 1.29 is 8.81 Å². The molecule has 0 aliphatic carbocycles. The standard InChI is InChI=1S/C19H18BrFN4O/c1-22-19(23-10-13-7-15(20)9-16(21)8-13)24-11-17-12-26-18(25-17)14-5-3-2-4-6-14/h2-9,12H,10-11H2,1H3,(H2,22,23,24). The maximum atomic E-state index is 13.4. The molecule has 0 amide bonds. The Balaban J connectivity index is 1.55. The van der Waals surface area contributed by atoms with Crippen LogP contribution in [0, 0.1) is 5.82 Å². The minimum atomic E-state index is -0.282. The Labute approximate surface area is 159 Å². The quantitative estimate of drug-likeness (QED) is 0.485. The van der Waals surface area contributed by atoms with Gasteiger partial charge >= 0.3 is 0 Å². The molecule has 2 aromatic carbocycles. The summed E-state index contributed by atoms with van der Waals surface area (Å²) in [5, 5.41) is 6.30. The Morgan fingerprint density at radius 3 is 2.65 bits per heavy atom. The fourth-order valence-electron chi connectivity index (χ4n) is 2.40. The maximum absolute atomic E-state index is 13.4. The Hall–Kier alpha value is -2.67. The van der Waals surface area contributed by atoms with E-state index in [1.54, 1.807) is 13.3 Å². The normalized spacial score (nSPS) is 11.4. The fraction of sp³-hybridized carbons (Fsp3) is 0.158. The summed E-state index contributed by atoms with van der Waals surface area (Å²) < 4.78 is 19.6. The van der Waals surface area contributed by atoms with Crippen molar-refractivity contribution in [3.8, 4) is 11.5 Å². The molecular weight excluding hydrogens is 399 g/mol. The number of aromatic nitrogens is 1. The summed E-state index contributed by atoms with van der Waals surface area (Å²) in [6.07, 6.45) is 1.62. The largest absolute Gasteiger partial charge is 0.444 e. The van der Waals surface area contributed by atoms with E-state index in [4.69, 9.17) is 4.42 Å². The lowest BCUT2D eigenvalue weighted by atomic mass is 10.2. The minimum Gasteiger partial charge on any atom is -0.444 e. The van der Waals surface area contributed by atoms with Crippen LogP contribution in [-0.4, -0.2) is 18.0 Å². The summed E-state index contributed by atoms with van der Waals surface area (Å²) in [6.45, 7) is 0.910. The molecular formula is C19H18BrFN4O. The number of oxazole rings is 1. The third-order valence-corrected chi connectivity index (χ3v) is 4.07. The molecule has 0 atom stereocenters. The number of aliphatic imine (C=N–C) groups is 1. The Bertz CT molecular complexity index is 875. The zero-order valence-electron chi connectivity index (χ0n) is 14.2. The van der Waals surface area contributed by atoms with Crippen molar-refractivity contribution in [2.45, 2.75) is 13.1 Å². The van der Waals surface area contributed by atoms with Crippen LogP contribution in [0.1, 0.15) is 11.3 Å². The molecule has 3 aromatic rings. The highest BCUT2D eigenvalue weighted by Crippen LogP contribution is 2.18. The zero-order chi connectivity index (χ0) is 18.4. The number of benzene rings is 2. The maximum Gasteiger partial charge on any atom is 0.226 e. The number of hydrogen-bond acceptors (Lipinski definition) is 3. The summed E-state index contributed by atoms with van der Waals surface area (Å²) in [7, 11) is 1.68. The molecule has 3 rings (SSSR count). The SMILES string of the molecule is CN=C(NCc1cc(F)cc(Br)c1)NCc1coc(-c2ccccc2)n1. The van der Waals surface area contributed by atoms with Gasteiger partial charge in [0, 0.05) is 23.6 Å². The molecule has 7 heteroatoms. The second-order valence-corrected chi connectivity index (χ2v) is 6.48. The second-order valence-electron chi connectivity index (χ2n) is 5.57. The Morgan fingerprint density at radius 1 is 1.15 bits per heavy atom. The van der Waals surface area contributed by atoms with Crippen LogP contribution in [0.4, 0.5) is 4.39 Å². The third-order valence-electron chi connectivity index (χ3n) is 3.62. The molecule has 0 unspecified atom stereocenters. The number of halogens is 2. The first-order valence-corrected chi connectivity index (χ1v) is 8.82. The topological polar surface area (TPSA) is 62.5 Å². The van der Waals surface area contributed by atoms with Gasteiger partial charge in [-0.15, -0.1) is 0 Å². The molecule has 134 valence electrons. The molecule has 0 saturated carbocycles.